The summed E-state index contributed by atoms with van der Waals surface area (Å²) in [5, 5.41) is 0.593. The molecule has 0 amide bonds. The summed E-state index contributed by atoms with van der Waals surface area (Å²) in [5.74, 6) is 0.308. The lowest BCUT2D eigenvalue weighted by Crippen LogP contribution is -2.32. The van der Waals surface area contributed by atoms with Gasteiger partial charge in [-0.05, 0) is 18.2 Å². The predicted molar refractivity (Wildman–Crippen MR) is 94.4 cm³/mol. The number of halogens is 1. The van der Waals surface area contributed by atoms with Gasteiger partial charge in [-0.1, -0.05) is 15.9 Å². The normalized spacial score (nSPS) is 14.7. The van der Waals surface area contributed by atoms with Gasteiger partial charge in [0.05, 0.1) is 17.3 Å². The summed E-state index contributed by atoms with van der Waals surface area (Å²) in [6, 6.07) is 5.45. The molecule has 3 heterocycles. The lowest BCUT2D eigenvalue weighted by molar-refractivity contribution is 0.240. The van der Waals surface area contributed by atoms with Crippen LogP contribution in [0.5, 0.6) is 0 Å². The second-order valence-electron chi connectivity index (χ2n) is 5.89. The Labute approximate surface area is 146 Å². The number of hydrogen-bond acceptors (Lipinski definition) is 6. The molecule has 0 atom stereocenters. The summed E-state index contributed by atoms with van der Waals surface area (Å²) in [7, 11) is 0. The zero-order valence-corrected chi connectivity index (χ0v) is 14.4. The average molecular weight is 387 g/mol. The van der Waals surface area contributed by atoms with Crippen LogP contribution < -0.4 is 11.2 Å². The third-order valence-electron chi connectivity index (χ3n) is 4.23. The number of hydrogen-bond donors (Lipinski definition) is 1. The molecule has 2 aromatic heterocycles. The van der Waals surface area contributed by atoms with E-state index in [0.29, 0.717) is 35.6 Å². The minimum atomic E-state index is 0.0110. The molecule has 0 saturated heterocycles. The molecule has 0 bridgehead atoms. The van der Waals surface area contributed by atoms with Gasteiger partial charge in [-0.25, -0.2) is 9.97 Å². The molecule has 0 saturated carbocycles. The first kappa shape index (κ1) is 15.3. The number of nitrogens with two attached hydrogens (primary N) is 1. The molecule has 0 unspecified atom stereocenters. The van der Waals surface area contributed by atoms with Crippen LogP contribution in [0.4, 0.5) is 5.95 Å². The van der Waals surface area contributed by atoms with E-state index in [9.17, 15) is 4.79 Å². The van der Waals surface area contributed by atoms with Gasteiger partial charge in [-0.15, -0.1) is 0 Å². The van der Waals surface area contributed by atoms with E-state index >= 15 is 0 Å². The average Bonchev–Trinajstić information content (AvgIpc) is 2.58. The molecule has 122 valence electrons. The van der Waals surface area contributed by atoms with Crippen molar-refractivity contribution >= 4 is 32.8 Å². The molecule has 7 heteroatoms. The smallest absolute Gasteiger partial charge is 0.220 e. The van der Waals surface area contributed by atoms with E-state index < -0.39 is 0 Å². The Morgan fingerprint density at radius 2 is 2.25 bits per heavy atom. The highest BCUT2D eigenvalue weighted by Crippen LogP contribution is 2.21. The summed E-state index contributed by atoms with van der Waals surface area (Å²) in [6.45, 7) is 2.06. The second-order valence-corrected chi connectivity index (χ2v) is 6.81. The Hall–Kier alpha value is -2.25. The van der Waals surface area contributed by atoms with Crippen molar-refractivity contribution in [3.63, 3.8) is 0 Å². The molecule has 0 radical (unpaired) electrons. The van der Waals surface area contributed by atoms with Crippen LogP contribution in [-0.2, 0) is 19.5 Å². The Morgan fingerprint density at radius 3 is 3.12 bits per heavy atom. The van der Waals surface area contributed by atoms with Gasteiger partial charge in [0.15, 0.2) is 5.43 Å². The maximum absolute atomic E-state index is 12.7. The Kier molecular flexibility index (Phi) is 3.82. The van der Waals surface area contributed by atoms with Crippen molar-refractivity contribution in [2.45, 2.75) is 19.5 Å². The van der Waals surface area contributed by atoms with Crippen molar-refractivity contribution in [1.29, 1.82) is 0 Å². The first-order chi connectivity index (χ1) is 11.6. The first-order valence-electron chi connectivity index (χ1n) is 7.63. The monoisotopic (exact) mass is 386 g/mol. The van der Waals surface area contributed by atoms with Crippen LogP contribution >= 0.6 is 15.9 Å². The van der Waals surface area contributed by atoms with Gasteiger partial charge in [-0.2, -0.15) is 0 Å². The van der Waals surface area contributed by atoms with E-state index in [1.165, 1.54) is 0 Å². The third-order valence-corrected chi connectivity index (χ3v) is 4.72. The highest BCUT2D eigenvalue weighted by atomic mass is 79.9. The zero-order chi connectivity index (χ0) is 16.7. The fraction of sp³-hybridized carbons (Fsp3) is 0.235. The van der Waals surface area contributed by atoms with Crippen LogP contribution in [0.3, 0.4) is 0 Å². The molecule has 0 fully saturated rings. The van der Waals surface area contributed by atoms with Gasteiger partial charge in [0.1, 0.15) is 5.58 Å². The van der Waals surface area contributed by atoms with E-state index in [4.69, 9.17) is 10.2 Å². The van der Waals surface area contributed by atoms with Crippen molar-refractivity contribution in [3.05, 3.63) is 62.2 Å². The quantitative estimate of drug-likeness (QED) is 0.727. The van der Waals surface area contributed by atoms with Crippen molar-refractivity contribution in [1.82, 2.24) is 14.9 Å². The molecular formula is C17H15BrN4O2. The molecule has 3 aromatic rings. The summed E-state index contributed by atoms with van der Waals surface area (Å²) in [6.07, 6.45) is 4.13. The molecule has 6 nitrogen and oxygen atoms in total. The molecule has 1 aliphatic rings. The number of benzene rings is 1. The summed E-state index contributed by atoms with van der Waals surface area (Å²) < 4.78 is 6.48. The second kappa shape index (κ2) is 5.99. The highest BCUT2D eigenvalue weighted by Gasteiger charge is 2.19. The lowest BCUT2D eigenvalue weighted by atomic mass is 10.1. The van der Waals surface area contributed by atoms with Crippen LogP contribution in [0.25, 0.3) is 11.0 Å². The number of nitrogens with zero attached hydrogens (tertiary/aromatic N) is 3. The number of anilines is 1. The molecular weight excluding hydrogens is 372 g/mol. The topological polar surface area (TPSA) is 85.2 Å². The van der Waals surface area contributed by atoms with E-state index in [1.54, 1.807) is 24.6 Å². The molecule has 24 heavy (non-hydrogen) atoms. The molecule has 4 rings (SSSR count). The van der Waals surface area contributed by atoms with Crippen molar-refractivity contribution < 1.29 is 4.42 Å². The van der Waals surface area contributed by atoms with E-state index in [2.05, 4.69) is 30.8 Å². The van der Waals surface area contributed by atoms with Crippen molar-refractivity contribution in [3.8, 4) is 0 Å². The van der Waals surface area contributed by atoms with E-state index in [1.807, 2.05) is 6.07 Å². The highest BCUT2D eigenvalue weighted by molar-refractivity contribution is 9.10. The van der Waals surface area contributed by atoms with Crippen LogP contribution in [0.1, 0.15) is 16.8 Å². The number of fused-ring (bicyclic) bond motifs is 2. The summed E-state index contributed by atoms with van der Waals surface area (Å²) >= 11 is 3.40. The van der Waals surface area contributed by atoms with Crippen LogP contribution in [-0.4, -0.2) is 21.4 Å². The van der Waals surface area contributed by atoms with Gasteiger partial charge in [0.25, 0.3) is 0 Å². The number of nitrogen functional groups attached to an aromatic ring is 1. The van der Waals surface area contributed by atoms with Crippen LogP contribution in [0, 0.1) is 0 Å². The Balaban J connectivity index is 1.62. The summed E-state index contributed by atoms with van der Waals surface area (Å²) in [4.78, 5) is 23.2. The standard InChI is InChI=1S/C17H15BrN4O2/c18-12-1-2-15-13(5-12)16(23)11(9-24-15)8-22-4-3-14-10(7-22)6-20-17(19)21-14/h1-2,5-6,9H,3-4,7-8H2,(H2,19,20,21). The number of aromatic nitrogens is 2. The minimum absolute atomic E-state index is 0.0110. The zero-order valence-electron chi connectivity index (χ0n) is 12.8. The van der Waals surface area contributed by atoms with Crippen LogP contribution in [0.2, 0.25) is 0 Å². The lowest BCUT2D eigenvalue weighted by Gasteiger charge is -2.27. The van der Waals surface area contributed by atoms with Crippen LogP contribution in [0.15, 0.2) is 44.3 Å². The predicted octanol–water partition coefficient (Wildman–Crippen LogP) is 2.49. The van der Waals surface area contributed by atoms with Gasteiger partial charge in [-0.3, -0.25) is 9.69 Å². The number of rotatable bonds is 2. The largest absolute Gasteiger partial charge is 0.464 e. The van der Waals surface area contributed by atoms with Gasteiger partial charge < -0.3 is 10.2 Å². The molecule has 2 N–H and O–H groups in total. The molecule has 0 spiro atoms. The van der Waals surface area contributed by atoms with E-state index in [0.717, 1.165) is 28.7 Å². The Bertz CT molecular complexity index is 986. The fourth-order valence-electron chi connectivity index (χ4n) is 3.02. The minimum Gasteiger partial charge on any atom is -0.464 e. The van der Waals surface area contributed by atoms with Crippen molar-refractivity contribution in [2.75, 3.05) is 12.3 Å². The maximum atomic E-state index is 12.7. The van der Waals surface area contributed by atoms with Crippen molar-refractivity contribution in [2.24, 2.45) is 0 Å². The van der Waals surface area contributed by atoms with Gasteiger partial charge in [0, 0.05) is 47.9 Å². The molecule has 1 aliphatic heterocycles. The molecule has 0 aliphatic carbocycles. The van der Waals surface area contributed by atoms with Gasteiger partial charge >= 0.3 is 0 Å². The SMILES string of the molecule is Nc1ncc2c(n1)CCN(Cc1coc3ccc(Br)cc3c1=O)C2. The summed E-state index contributed by atoms with van der Waals surface area (Å²) in [5.41, 5.74) is 8.95. The fourth-order valence-corrected chi connectivity index (χ4v) is 3.38. The van der Waals surface area contributed by atoms with Gasteiger partial charge in [0.2, 0.25) is 5.95 Å². The maximum Gasteiger partial charge on any atom is 0.220 e. The molecule has 1 aromatic carbocycles. The Morgan fingerprint density at radius 1 is 1.38 bits per heavy atom. The van der Waals surface area contributed by atoms with E-state index in [-0.39, 0.29) is 5.43 Å². The third kappa shape index (κ3) is 2.81. The first-order valence-corrected chi connectivity index (χ1v) is 8.42.